The lowest BCUT2D eigenvalue weighted by molar-refractivity contribution is -0.128. The number of carbonyl (C=O) groups excluding carboxylic acids is 2. The molecule has 0 bridgehead atoms. The van der Waals surface area contributed by atoms with Crippen molar-refractivity contribution in [1.82, 2.24) is 0 Å². The van der Waals surface area contributed by atoms with Crippen LogP contribution < -0.4 is 29.4 Å². The van der Waals surface area contributed by atoms with Crippen molar-refractivity contribution in [3.63, 3.8) is 0 Å². The van der Waals surface area contributed by atoms with Gasteiger partial charge in [-0.3, -0.25) is 0 Å². The molecule has 266 valence electrons. The summed E-state index contributed by atoms with van der Waals surface area (Å²) in [6, 6.07) is 18.9. The number of rotatable bonds is 5. The minimum Gasteiger partial charge on any atom is -0.487 e. The predicted molar refractivity (Wildman–Crippen MR) is 203 cm³/mol. The maximum atomic E-state index is 13.4. The molecule has 4 aromatic rings. The van der Waals surface area contributed by atoms with Crippen LogP contribution in [-0.2, 0) is 24.5 Å². The molecule has 3 aromatic carbocycles. The van der Waals surface area contributed by atoms with Gasteiger partial charge in [-0.2, -0.15) is 0 Å². The van der Waals surface area contributed by atoms with Gasteiger partial charge in [-0.25, -0.2) is 9.59 Å². The molecule has 8 rings (SSSR count). The molecule has 0 radical (unpaired) electrons. The van der Waals surface area contributed by atoms with Gasteiger partial charge in [-0.05, 0) is 34.4 Å². The zero-order valence-corrected chi connectivity index (χ0v) is 31.5. The lowest BCUT2D eigenvalue weighted by Crippen LogP contribution is -2.18. The minimum absolute atomic E-state index is 0.104. The van der Waals surface area contributed by atoms with Crippen LogP contribution in [0, 0.1) is 0 Å². The third kappa shape index (κ3) is 6.07. The van der Waals surface area contributed by atoms with Gasteiger partial charge in [-0.1, -0.05) is 96.7 Å². The van der Waals surface area contributed by atoms with E-state index in [-0.39, 0.29) is 10.2 Å². The highest BCUT2D eigenvalue weighted by molar-refractivity contribution is 8.09. The SMILES string of the molecule is C=C1OCCO/C1=C(/SC(C)(C)C)c1ccc(C2=c3cc4c(cc3OC2=O)=C(c2ccc(-c3sc(C(C)(C)C)c5c3OCCO5)cc2)C(=O)O4)cc1. The van der Waals surface area contributed by atoms with Crippen LogP contribution in [0.1, 0.15) is 63.1 Å². The number of hydrogen-bond acceptors (Lipinski definition) is 10. The van der Waals surface area contributed by atoms with Crippen LogP contribution in [0.15, 0.2) is 78.8 Å². The summed E-state index contributed by atoms with van der Waals surface area (Å²) in [4.78, 5) is 29.8. The monoisotopic (exact) mass is 734 g/mol. The molecule has 0 unspecified atom stereocenters. The Kier molecular flexibility index (Phi) is 8.30. The largest absolute Gasteiger partial charge is 0.487 e. The molecule has 0 N–H and O–H groups in total. The zero-order chi connectivity index (χ0) is 36.5. The van der Waals surface area contributed by atoms with Gasteiger partial charge in [0.1, 0.15) is 37.9 Å². The van der Waals surface area contributed by atoms with E-state index in [0.717, 1.165) is 37.3 Å². The van der Waals surface area contributed by atoms with Crippen LogP contribution in [0.3, 0.4) is 0 Å². The van der Waals surface area contributed by atoms with E-state index >= 15 is 0 Å². The summed E-state index contributed by atoms with van der Waals surface area (Å²) in [5.74, 6) is 2.54. The Morgan fingerprint density at radius 3 is 1.71 bits per heavy atom. The highest BCUT2D eigenvalue weighted by Crippen LogP contribution is 2.53. The molecule has 1 saturated heterocycles. The fraction of sp³-hybridized carbons (Fsp3) is 0.286. The third-order valence-corrected chi connectivity index (χ3v) is 11.7. The summed E-state index contributed by atoms with van der Waals surface area (Å²) in [6.07, 6.45) is 0. The van der Waals surface area contributed by atoms with Gasteiger partial charge in [0.2, 0.25) is 0 Å². The number of fused-ring (bicyclic) bond motifs is 3. The molecule has 0 aliphatic carbocycles. The first-order valence-corrected chi connectivity index (χ1v) is 18.8. The first-order valence-electron chi connectivity index (χ1n) is 17.2. The molecular weight excluding hydrogens is 697 g/mol. The van der Waals surface area contributed by atoms with E-state index in [9.17, 15) is 9.59 Å². The first kappa shape index (κ1) is 34.2. The van der Waals surface area contributed by atoms with Gasteiger partial charge < -0.3 is 28.4 Å². The zero-order valence-electron chi connectivity index (χ0n) is 29.9. The molecule has 4 aliphatic rings. The topological polar surface area (TPSA) is 89.5 Å². The van der Waals surface area contributed by atoms with Crippen molar-refractivity contribution in [3.05, 3.63) is 111 Å². The van der Waals surface area contributed by atoms with Gasteiger partial charge in [0.05, 0.1) is 25.8 Å². The summed E-state index contributed by atoms with van der Waals surface area (Å²) < 4.78 is 35.3. The van der Waals surface area contributed by atoms with Crippen molar-refractivity contribution in [2.45, 2.75) is 51.7 Å². The van der Waals surface area contributed by atoms with E-state index < -0.39 is 11.9 Å². The highest BCUT2D eigenvalue weighted by Gasteiger charge is 2.33. The summed E-state index contributed by atoms with van der Waals surface area (Å²) in [6.45, 7) is 18.9. The summed E-state index contributed by atoms with van der Waals surface area (Å²) >= 11 is 3.33. The van der Waals surface area contributed by atoms with Gasteiger partial charge in [0.15, 0.2) is 23.0 Å². The van der Waals surface area contributed by atoms with Crippen LogP contribution in [-0.4, -0.2) is 43.1 Å². The molecule has 1 aromatic heterocycles. The van der Waals surface area contributed by atoms with E-state index in [1.165, 1.54) is 0 Å². The van der Waals surface area contributed by atoms with Gasteiger partial charge >= 0.3 is 11.9 Å². The van der Waals surface area contributed by atoms with Crippen molar-refractivity contribution in [2.75, 3.05) is 26.4 Å². The molecule has 5 heterocycles. The van der Waals surface area contributed by atoms with E-state index in [4.69, 9.17) is 28.4 Å². The van der Waals surface area contributed by atoms with Crippen molar-refractivity contribution in [1.29, 1.82) is 0 Å². The maximum absolute atomic E-state index is 13.4. The van der Waals surface area contributed by atoms with Crippen LogP contribution >= 0.6 is 23.1 Å². The van der Waals surface area contributed by atoms with Gasteiger partial charge in [0, 0.05) is 20.6 Å². The normalized spacial score (nSPS) is 17.6. The van der Waals surface area contributed by atoms with Crippen molar-refractivity contribution in [2.24, 2.45) is 0 Å². The lowest BCUT2D eigenvalue weighted by atomic mass is 9.93. The molecule has 0 atom stereocenters. The fourth-order valence-corrected chi connectivity index (χ4v) is 8.97. The number of esters is 2. The molecule has 0 saturated carbocycles. The summed E-state index contributed by atoms with van der Waals surface area (Å²) in [5, 5.41) is 1.15. The second-order valence-electron chi connectivity index (χ2n) is 14.9. The van der Waals surface area contributed by atoms with E-state index in [0.29, 0.717) is 82.2 Å². The van der Waals surface area contributed by atoms with E-state index in [1.54, 1.807) is 35.2 Å². The van der Waals surface area contributed by atoms with Crippen molar-refractivity contribution < 1.29 is 38.0 Å². The molecule has 4 aliphatic heterocycles. The molecule has 52 heavy (non-hydrogen) atoms. The standard InChI is InChI=1S/C42H38O8S2/c1-22-33(46-17-16-45-22)37(52-42(5,6)7)26-14-10-24(11-15-26)32-28-21-29-27(20-30(28)50-40(32)44)31(39(43)49-29)23-8-12-25(13-9-23)36-34-35(48-19-18-47-34)38(51-36)41(2,3)4/h8-15,20-21H,1,16-19H2,2-7H3/b37-33+. The number of benzene rings is 3. The van der Waals surface area contributed by atoms with Crippen molar-refractivity contribution in [3.8, 4) is 33.4 Å². The van der Waals surface area contributed by atoms with Crippen LogP contribution in [0.25, 0.3) is 26.5 Å². The van der Waals surface area contributed by atoms with Crippen LogP contribution in [0.5, 0.6) is 23.0 Å². The number of hydrogen-bond donors (Lipinski definition) is 0. The molecule has 1 fully saturated rings. The van der Waals surface area contributed by atoms with E-state index in [2.05, 4.69) is 48.1 Å². The summed E-state index contributed by atoms with van der Waals surface area (Å²) in [5.41, 5.74) is 3.97. The van der Waals surface area contributed by atoms with Crippen LogP contribution in [0.4, 0.5) is 0 Å². The third-order valence-electron chi connectivity index (χ3n) is 8.86. The van der Waals surface area contributed by atoms with Crippen LogP contribution in [0.2, 0.25) is 0 Å². The van der Waals surface area contributed by atoms with E-state index in [1.807, 2.05) is 48.5 Å². The van der Waals surface area contributed by atoms with Gasteiger partial charge in [0.25, 0.3) is 0 Å². The Balaban J connectivity index is 1.15. The Morgan fingerprint density at radius 2 is 1.17 bits per heavy atom. The number of thioether (sulfide) groups is 1. The molecule has 0 spiro atoms. The molecule has 10 heteroatoms. The quantitative estimate of drug-likeness (QED) is 0.153. The maximum Gasteiger partial charge on any atom is 0.344 e. The average molecular weight is 735 g/mol. The number of ether oxygens (including phenoxy) is 6. The average Bonchev–Trinajstić information content (AvgIpc) is 3.75. The van der Waals surface area contributed by atoms with Gasteiger partial charge in [-0.15, -0.1) is 23.1 Å². The minimum atomic E-state index is -0.469. The Morgan fingerprint density at radius 1 is 0.673 bits per heavy atom. The Hall–Kier alpha value is -4.93. The first-order chi connectivity index (χ1) is 24.8. The number of carbonyl (C=O) groups is 2. The fourth-order valence-electron chi connectivity index (χ4n) is 6.59. The molecular formula is C42H38O8S2. The molecule has 0 amide bonds. The lowest BCUT2D eigenvalue weighted by Gasteiger charge is -2.26. The Labute approximate surface area is 310 Å². The van der Waals surface area contributed by atoms with Crippen molar-refractivity contribution >= 4 is 51.1 Å². The predicted octanol–water partition coefficient (Wildman–Crippen LogP) is 7.48. The molecule has 8 nitrogen and oxygen atoms in total. The summed E-state index contributed by atoms with van der Waals surface area (Å²) in [7, 11) is 0. The smallest absolute Gasteiger partial charge is 0.344 e. The number of thiophene rings is 1. The second kappa shape index (κ2) is 12.6. The highest BCUT2D eigenvalue weighted by atomic mass is 32.2. The second-order valence-corrected chi connectivity index (χ2v) is 17.7. The Bertz CT molecular complexity index is 2330.